The van der Waals surface area contributed by atoms with Crippen LogP contribution in [0.5, 0.6) is 0 Å². The van der Waals surface area contributed by atoms with Crippen LogP contribution in [0.4, 0.5) is 5.69 Å². The summed E-state index contributed by atoms with van der Waals surface area (Å²) in [6.45, 7) is 5.15. The number of anilines is 1. The van der Waals surface area contributed by atoms with Crippen LogP contribution in [0.15, 0.2) is 83.8 Å². The molecule has 0 heterocycles. The van der Waals surface area contributed by atoms with Crippen molar-refractivity contribution in [1.82, 2.24) is 10.2 Å². The largest absolute Gasteiger partial charge is 0.357 e. The molecule has 0 aliphatic heterocycles. The number of carbonyl (C=O) groups is 2. The van der Waals surface area contributed by atoms with Crippen molar-refractivity contribution >= 4 is 27.5 Å². The zero-order valence-electron chi connectivity index (χ0n) is 20.4. The highest BCUT2D eigenvalue weighted by molar-refractivity contribution is 7.92. The smallest absolute Gasteiger partial charge is 0.264 e. The van der Waals surface area contributed by atoms with E-state index in [0.717, 1.165) is 21.0 Å². The number of aryl methyl sites for hydroxylation is 2. The van der Waals surface area contributed by atoms with Gasteiger partial charge in [0.1, 0.15) is 12.6 Å². The van der Waals surface area contributed by atoms with Crippen molar-refractivity contribution in [2.24, 2.45) is 0 Å². The van der Waals surface area contributed by atoms with Crippen molar-refractivity contribution < 1.29 is 18.0 Å². The first-order valence-corrected chi connectivity index (χ1v) is 12.8. The maximum Gasteiger partial charge on any atom is 0.264 e. The average molecular weight is 494 g/mol. The van der Waals surface area contributed by atoms with Crippen molar-refractivity contribution in [2.75, 3.05) is 17.9 Å². The lowest BCUT2D eigenvalue weighted by molar-refractivity contribution is -0.139. The Morgan fingerprint density at radius 2 is 1.57 bits per heavy atom. The third-order valence-electron chi connectivity index (χ3n) is 5.92. The van der Waals surface area contributed by atoms with Crippen molar-refractivity contribution in [3.05, 3.63) is 95.6 Å². The fourth-order valence-corrected chi connectivity index (χ4v) is 5.22. The first kappa shape index (κ1) is 26.0. The Labute approximate surface area is 207 Å². The fraction of sp³-hybridized carbons (Fsp3) is 0.259. The molecule has 8 heteroatoms. The number of nitrogens with one attached hydrogen (secondary N) is 1. The predicted molar refractivity (Wildman–Crippen MR) is 137 cm³/mol. The number of nitrogens with zero attached hydrogens (tertiary/aromatic N) is 2. The van der Waals surface area contributed by atoms with Crippen LogP contribution in [0.3, 0.4) is 0 Å². The molecule has 0 aliphatic rings. The van der Waals surface area contributed by atoms with Crippen LogP contribution in [0.1, 0.15) is 23.6 Å². The van der Waals surface area contributed by atoms with Gasteiger partial charge >= 0.3 is 0 Å². The molecule has 1 N–H and O–H groups in total. The second kappa shape index (κ2) is 11.2. The first-order valence-electron chi connectivity index (χ1n) is 11.3. The molecule has 0 bridgehead atoms. The average Bonchev–Trinajstić information content (AvgIpc) is 2.86. The third kappa shape index (κ3) is 6.08. The summed E-state index contributed by atoms with van der Waals surface area (Å²) >= 11 is 0. The van der Waals surface area contributed by atoms with Gasteiger partial charge < -0.3 is 10.2 Å². The summed E-state index contributed by atoms with van der Waals surface area (Å²) in [7, 11) is -2.54. The number of hydrogen-bond donors (Lipinski definition) is 1. The van der Waals surface area contributed by atoms with Gasteiger partial charge in [0, 0.05) is 13.6 Å². The maximum atomic E-state index is 13.7. The molecule has 0 aliphatic carbocycles. The summed E-state index contributed by atoms with van der Waals surface area (Å²) in [5.41, 5.74) is 3.09. The molecule has 1 atom stereocenters. The molecule has 7 nitrogen and oxygen atoms in total. The molecule has 184 valence electrons. The van der Waals surface area contributed by atoms with Gasteiger partial charge in [-0.1, -0.05) is 54.6 Å². The first-order chi connectivity index (χ1) is 16.6. The van der Waals surface area contributed by atoms with E-state index in [-0.39, 0.29) is 17.3 Å². The molecule has 3 rings (SSSR count). The van der Waals surface area contributed by atoms with Crippen molar-refractivity contribution in [2.45, 2.75) is 38.3 Å². The molecular weight excluding hydrogens is 462 g/mol. The number of sulfonamides is 1. The molecule has 2 amide bonds. The second-order valence-electron chi connectivity index (χ2n) is 8.40. The number of rotatable bonds is 9. The number of likely N-dealkylation sites (N-methyl/N-ethyl adjacent to an activating group) is 1. The molecule has 0 unspecified atom stereocenters. The molecule has 0 fully saturated rings. The van der Waals surface area contributed by atoms with Gasteiger partial charge in [-0.3, -0.25) is 13.9 Å². The Morgan fingerprint density at radius 1 is 0.914 bits per heavy atom. The molecule has 0 radical (unpaired) electrons. The number of amides is 2. The third-order valence-corrected chi connectivity index (χ3v) is 7.70. The molecule has 0 saturated heterocycles. The summed E-state index contributed by atoms with van der Waals surface area (Å²) in [6, 6.07) is 21.8. The summed E-state index contributed by atoms with van der Waals surface area (Å²) in [5.74, 6) is -0.815. The Morgan fingerprint density at radius 3 is 2.20 bits per heavy atom. The van der Waals surface area contributed by atoms with E-state index in [9.17, 15) is 18.0 Å². The highest BCUT2D eigenvalue weighted by Gasteiger charge is 2.32. The van der Waals surface area contributed by atoms with Gasteiger partial charge in [-0.15, -0.1) is 0 Å². The van der Waals surface area contributed by atoms with Gasteiger partial charge in [0.05, 0.1) is 10.6 Å². The minimum atomic E-state index is -4.05. The lowest BCUT2D eigenvalue weighted by Crippen LogP contribution is -2.50. The van der Waals surface area contributed by atoms with E-state index in [1.807, 2.05) is 44.2 Å². The van der Waals surface area contributed by atoms with E-state index in [0.29, 0.717) is 5.69 Å². The van der Waals surface area contributed by atoms with Crippen molar-refractivity contribution in [3.8, 4) is 0 Å². The van der Waals surface area contributed by atoms with E-state index in [1.54, 1.807) is 43.3 Å². The van der Waals surface area contributed by atoms with Gasteiger partial charge in [-0.25, -0.2) is 8.42 Å². The Hall–Kier alpha value is -3.65. The summed E-state index contributed by atoms with van der Waals surface area (Å²) in [4.78, 5) is 27.7. The van der Waals surface area contributed by atoms with Crippen molar-refractivity contribution in [3.63, 3.8) is 0 Å². The van der Waals surface area contributed by atoms with Gasteiger partial charge in [0.25, 0.3) is 10.0 Å². The van der Waals surface area contributed by atoms with E-state index < -0.39 is 28.5 Å². The van der Waals surface area contributed by atoms with Crippen LogP contribution in [0.25, 0.3) is 0 Å². The quantitative estimate of drug-likeness (QED) is 0.493. The second-order valence-corrected chi connectivity index (χ2v) is 10.3. The molecular formula is C27H31N3O4S. The standard InChI is InChI=1S/C27H31N3O4S/c1-20-11-10-14-24(17-20)30(35(33,34)25-15-6-5-7-16-25)19-26(31)29(22(3)27(32)28-4)18-23-13-9-8-12-21(23)2/h5-17,22H,18-19H2,1-4H3,(H,28,32)/t22-/m1/s1. The predicted octanol–water partition coefficient (Wildman–Crippen LogP) is 3.66. The number of benzene rings is 3. The highest BCUT2D eigenvalue weighted by atomic mass is 32.2. The van der Waals surface area contributed by atoms with Gasteiger partial charge in [0.15, 0.2) is 0 Å². The molecule has 3 aromatic rings. The number of hydrogen-bond acceptors (Lipinski definition) is 4. The van der Waals surface area contributed by atoms with Crippen LogP contribution in [-0.2, 0) is 26.2 Å². The zero-order valence-corrected chi connectivity index (χ0v) is 21.2. The lowest BCUT2D eigenvalue weighted by atomic mass is 10.1. The minimum absolute atomic E-state index is 0.0825. The monoisotopic (exact) mass is 493 g/mol. The van der Waals surface area contributed by atoms with Gasteiger partial charge in [-0.2, -0.15) is 0 Å². The summed E-state index contributed by atoms with van der Waals surface area (Å²) in [6.07, 6.45) is 0. The van der Waals surface area contributed by atoms with Gasteiger partial charge in [-0.05, 0) is 61.7 Å². The molecule has 35 heavy (non-hydrogen) atoms. The molecule has 3 aromatic carbocycles. The Balaban J connectivity index is 2.04. The van der Waals surface area contributed by atoms with Crippen LogP contribution < -0.4 is 9.62 Å². The van der Waals surface area contributed by atoms with E-state index in [4.69, 9.17) is 0 Å². The normalized spacial score (nSPS) is 12.0. The Kier molecular flexibility index (Phi) is 8.30. The topological polar surface area (TPSA) is 86.8 Å². The van der Waals surface area contributed by atoms with Crippen LogP contribution in [0.2, 0.25) is 0 Å². The van der Waals surface area contributed by atoms with Crippen LogP contribution in [-0.4, -0.2) is 44.8 Å². The van der Waals surface area contributed by atoms with E-state index >= 15 is 0 Å². The SMILES string of the molecule is CNC(=O)[C@@H](C)N(Cc1ccccc1C)C(=O)CN(c1cccc(C)c1)S(=O)(=O)c1ccccc1. The van der Waals surface area contributed by atoms with Gasteiger partial charge in [0.2, 0.25) is 11.8 Å². The highest BCUT2D eigenvalue weighted by Crippen LogP contribution is 2.25. The Bertz CT molecular complexity index is 1290. The summed E-state index contributed by atoms with van der Waals surface area (Å²) < 4.78 is 28.4. The summed E-state index contributed by atoms with van der Waals surface area (Å²) in [5, 5.41) is 2.58. The minimum Gasteiger partial charge on any atom is -0.357 e. The lowest BCUT2D eigenvalue weighted by Gasteiger charge is -2.32. The molecule has 0 spiro atoms. The van der Waals surface area contributed by atoms with Crippen LogP contribution >= 0.6 is 0 Å². The fourth-order valence-electron chi connectivity index (χ4n) is 3.79. The maximum absolute atomic E-state index is 13.7. The van der Waals surface area contributed by atoms with Crippen LogP contribution in [0, 0.1) is 13.8 Å². The molecule has 0 saturated carbocycles. The van der Waals surface area contributed by atoms with E-state index in [1.165, 1.54) is 24.1 Å². The number of carbonyl (C=O) groups excluding carboxylic acids is 2. The van der Waals surface area contributed by atoms with Crippen molar-refractivity contribution in [1.29, 1.82) is 0 Å². The molecule has 0 aromatic heterocycles. The van der Waals surface area contributed by atoms with E-state index in [2.05, 4.69) is 5.32 Å². The zero-order chi connectivity index (χ0) is 25.6.